The number of hydrogen-bond acceptors (Lipinski definition) is 3. The zero-order valence-electron chi connectivity index (χ0n) is 15.3. The first-order chi connectivity index (χ1) is 12.8. The van der Waals surface area contributed by atoms with Gasteiger partial charge < -0.3 is 20.3 Å². The van der Waals surface area contributed by atoms with Gasteiger partial charge in [0.15, 0.2) is 0 Å². The third-order valence-corrected chi connectivity index (χ3v) is 4.68. The molecule has 0 saturated carbocycles. The maximum atomic E-state index is 12.4. The van der Waals surface area contributed by atoms with Gasteiger partial charge in [-0.25, -0.2) is 4.79 Å². The number of amides is 2. The summed E-state index contributed by atoms with van der Waals surface area (Å²) in [4.78, 5) is 14.8. The highest BCUT2D eigenvalue weighted by Gasteiger charge is 2.21. The monoisotopic (exact) mass is 353 g/mol. The van der Waals surface area contributed by atoms with Gasteiger partial charge in [-0.05, 0) is 38.0 Å². The van der Waals surface area contributed by atoms with E-state index in [1.807, 2.05) is 37.3 Å². The zero-order chi connectivity index (χ0) is 18.2. The number of nitrogens with one attached hydrogen (secondary N) is 2. The Morgan fingerprint density at radius 3 is 2.50 bits per heavy atom. The largest absolute Gasteiger partial charge is 0.377 e. The van der Waals surface area contributed by atoms with Gasteiger partial charge >= 0.3 is 6.03 Å². The van der Waals surface area contributed by atoms with Crippen LogP contribution in [0.5, 0.6) is 0 Å². The number of urea groups is 1. The first-order valence-corrected chi connectivity index (χ1v) is 9.29. The normalized spacial score (nSPS) is 14.9. The molecule has 0 spiro atoms. The quantitative estimate of drug-likeness (QED) is 0.825. The molecular formula is C21H27N3O2. The predicted octanol–water partition coefficient (Wildman–Crippen LogP) is 4.01. The summed E-state index contributed by atoms with van der Waals surface area (Å²) in [6.07, 6.45) is 1.89. The lowest BCUT2D eigenvalue weighted by atomic mass is 10.0. The first-order valence-electron chi connectivity index (χ1n) is 9.29. The molecule has 1 heterocycles. The fourth-order valence-corrected chi connectivity index (χ4v) is 3.24. The van der Waals surface area contributed by atoms with Gasteiger partial charge in [0.05, 0.1) is 6.61 Å². The highest BCUT2D eigenvalue weighted by atomic mass is 16.5. The van der Waals surface area contributed by atoms with E-state index in [1.54, 1.807) is 0 Å². The van der Waals surface area contributed by atoms with E-state index in [1.165, 1.54) is 5.69 Å². The number of benzene rings is 2. The highest BCUT2D eigenvalue weighted by molar-refractivity contribution is 5.90. The van der Waals surface area contributed by atoms with Crippen LogP contribution in [0.4, 0.5) is 16.2 Å². The lowest BCUT2D eigenvalue weighted by Gasteiger charge is -2.34. The summed E-state index contributed by atoms with van der Waals surface area (Å²) in [6, 6.07) is 18.2. The predicted molar refractivity (Wildman–Crippen MR) is 106 cm³/mol. The Kier molecular flexibility index (Phi) is 6.50. The third kappa shape index (κ3) is 4.99. The average Bonchev–Trinajstić information content (AvgIpc) is 2.68. The minimum Gasteiger partial charge on any atom is -0.377 e. The van der Waals surface area contributed by atoms with Gasteiger partial charge in [0.2, 0.25) is 0 Å². The fraction of sp³-hybridized carbons (Fsp3) is 0.381. The molecule has 5 nitrogen and oxygen atoms in total. The van der Waals surface area contributed by atoms with Crippen molar-refractivity contribution in [3.05, 3.63) is 60.2 Å². The van der Waals surface area contributed by atoms with Crippen molar-refractivity contribution >= 4 is 17.4 Å². The summed E-state index contributed by atoms with van der Waals surface area (Å²) < 4.78 is 5.47. The van der Waals surface area contributed by atoms with Crippen LogP contribution in [0.3, 0.4) is 0 Å². The number of rotatable bonds is 6. The fourth-order valence-electron chi connectivity index (χ4n) is 3.24. The summed E-state index contributed by atoms with van der Waals surface area (Å²) in [7, 11) is 0. The number of nitrogens with zero attached hydrogens (tertiary/aromatic N) is 1. The van der Waals surface area contributed by atoms with Gasteiger partial charge in [-0.15, -0.1) is 0 Å². The Bertz CT molecular complexity index is 697. The zero-order valence-corrected chi connectivity index (χ0v) is 15.3. The van der Waals surface area contributed by atoms with Gasteiger partial charge in [-0.1, -0.05) is 36.4 Å². The summed E-state index contributed by atoms with van der Waals surface area (Å²) in [5, 5.41) is 6.07. The van der Waals surface area contributed by atoms with Crippen LogP contribution >= 0.6 is 0 Å². The van der Waals surface area contributed by atoms with Gasteiger partial charge in [0.25, 0.3) is 0 Å². The Morgan fingerprint density at radius 2 is 1.77 bits per heavy atom. The average molecular weight is 353 g/mol. The Balaban J connectivity index is 1.49. The Morgan fingerprint density at radius 1 is 1.08 bits per heavy atom. The van der Waals surface area contributed by atoms with Crippen molar-refractivity contribution in [3.8, 4) is 0 Å². The van der Waals surface area contributed by atoms with Crippen LogP contribution in [-0.2, 0) is 11.3 Å². The van der Waals surface area contributed by atoms with E-state index in [-0.39, 0.29) is 12.1 Å². The number of para-hydroxylation sites is 2. The molecule has 5 heteroatoms. The molecule has 0 radical (unpaired) electrons. The molecule has 0 aromatic heterocycles. The van der Waals surface area contributed by atoms with Crippen molar-refractivity contribution in [1.82, 2.24) is 5.32 Å². The molecular weight excluding hydrogens is 326 g/mol. The molecule has 1 aliphatic rings. The second kappa shape index (κ2) is 9.25. The maximum absolute atomic E-state index is 12.4. The lowest BCUT2D eigenvalue weighted by molar-refractivity contribution is 0.134. The Hall–Kier alpha value is -2.53. The third-order valence-electron chi connectivity index (χ3n) is 4.68. The van der Waals surface area contributed by atoms with E-state index in [4.69, 9.17) is 4.74 Å². The van der Waals surface area contributed by atoms with E-state index in [2.05, 4.69) is 39.8 Å². The SMILES string of the molecule is CCOCc1ccccc1NC(=O)NC1CCN(c2ccccc2)CC1. The highest BCUT2D eigenvalue weighted by Crippen LogP contribution is 2.20. The van der Waals surface area contributed by atoms with Crippen LogP contribution in [0.1, 0.15) is 25.3 Å². The standard InChI is InChI=1S/C21H27N3O2/c1-2-26-16-17-8-6-7-11-20(17)23-21(25)22-18-12-14-24(15-13-18)19-9-4-3-5-10-19/h3-11,18H,2,12-16H2,1H3,(H2,22,23,25). The molecule has 2 amide bonds. The molecule has 1 saturated heterocycles. The minimum absolute atomic E-state index is 0.146. The van der Waals surface area contributed by atoms with Gasteiger partial charge in [-0.3, -0.25) is 0 Å². The van der Waals surface area contributed by atoms with Gasteiger partial charge in [0, 0.05) is 42.7 Å². The number of hydrogen-bond donors (Lipinski definition) is 2. The van der Waals surface area contributed by atoms with Crippen molar-refractivity contribution in [2.75, 3.05) is 29.9 Å². The minimum atomic E-state index is -0.146. The lowest BCUT2D eigenvalue weighted by Crippen LogP contribution is -2.46. The van der Waals surface area contributed by atoms with Crippen LogP contribution in [0.2, 0.25) is 0 Å². The van der Waals surface area contributed by atoms with Crippen LogP contribution < -0.4 is 15.5 Å². The molecule has 26 heavy (non-hydrogen) atoms. The molecule has 3 rings (SSSR count). The van der Waals surface area contributed by atoms with Crippen LogP contribution in [0.25, 0.3) is 0 Å². The smallest absolute Gasteiger partial charge is 0.319 e. The molecule has 2 aromatic carbocycles. The first kappa shape index (κ1) is 18.3. The van der Waals surface area contributed by atoms with E-state index < -0.39 is 0 Å². The molecule has 1 fully saturated rings. The summed E-state index contributed by atoms with van der Waals surface area (Å²) in [5.74, 6) is 0. The molecule has 1 aliphatic heterocycles. The number of carbonyl (C=O) groups is 1. The summed E-state index contributed by atoms with van der Waals surface area (Å²) in [6.45, 7) is 5.03. The number of piperidine rings is 1. The maximum Gasteiger partial charge on any atom is 0.319 e. The van der Waals surface area contributed by atoms with E-state index >= 15 is 0 Å². The van der Waals surface area contributed by atoms with Crippen molar-refractivity contribution in [3.63, 3.8) is 0 Å². The van der Waals surface area contributed by atoms with E-state index in [0.29, 0.717) is 13.2 Å². The number of ether oxygens (including phenoxy) is 1. The van der Waals surface area contributed by atoms with E-state index in [9.17, 15) is 4.79 Å². The van der Waals surface area contributed by atoms with Crippen molar-refractivity contribution in [2.24, 2.45) is 0 Å². The van der Waals surface area contributed by atoms with Crippen LogP contribution in [-0.4, -0.2) is 31.8 Å². The Labute approximate surface area is 155 Å². The van der Waals surface area contributed by atoms with Crippen molar-refractivity contribution in [1.29, 1.82) is 0 Å². The molecule has 0 bridgehead atoms. The van der Waals surface area contributed by atoms with Gasteiger partial charge in [-0.2, -0.15) is 0 Å². The van der Waals surface area contributed by atoms with Crippen molar-refractivity contribution < 1.29 is 9.53 Å². The number of anilines is 2. The molecule has 2 aromatic rings. The second-order valence-corrected chi connectivity index (χ2v) is 6.49. The van der Waals surface area contributed by atoms with Gasteiger partial charge in [0.1, 0.15) is 0 Å². The summed E-state index contributed by atoms with van der Waals surface area (Å²) >= 11 is 0. The van der Waals surface area contributed by atoms with Crippen LogP contribution in [0, 0.1) is 0 Å². The van der Waals surface area contributed by atoms with Crippen molar-refractivity contribution in [2.45, 2.75) is 32.4 Å². The molecule has 0 unspecified atom stereocenters. The van der Waals surface area contributed by atoms with Crippen LogP contribution in [0.15, 0.2) is 54.6 Å². The number of carbonyl (C=O) groups excluding carboxylic acids is 1. The molecule has 0 aliphatic carbocycles. The molecule has 2 N–H and O–H groups in total. The van der Waals surface area contributed by atoms with E-state index in [0.717, 1.165) is 37.2 Å². The summed E-state index contributed by atoms with van der Waals surface area (Å²) in [5.41, 5.74) is 3.05. The topological polar surface area (TPSA) is 53.6 Å². The molecule has 138 valence electrons. The second-order valence-electron chi connectivity index (χ2n) is 6.49. The molecule has 0 atom stereocenters.